The fraction of sp³-hybridized carbons (Fsp3) is 0.350. The maximum absolute atomic E-state index is 12.2. The van der Waals surface area contributed by atoms with E-state index in [2.05, 4.69) is 10.6 Å². The first kappa shape index (κ1) is 19.0. The van der Waals surface area contributed by atoms with Gasteiger partial charge in [0.05, 0.1) is 18.8 Å². The molecule has 1 amide bonds. The molecule has 0 radical (unpaired) electrons. The molecule has 1 atom stereocenters. The highest BCUT2D eigenvalue weighted by Gasteiger charge is 2.10. The van der Waals surface area contributed by atoms with Crippen LogP contribution in [0.2, 0.25) is 0 Å². The zero-order valence-electron chi connectivity index (χ0n) is 14.8. The molecule has 0 bridgehead atoms. The topological polar surface area (TPSA) is 59.6 Å². The molecule has 5 nitrogen and oxygen atoms in total. The molecule has 5 heteroatoms. The van der Waals surface area contributed by atoms with Gasteiger partial charge in [-0.3, -0.25) is 4.79 Å². The minimum atomic E-state index is -0.108. The molecule has 2 aromatic carbocycles. The van der Waals surface area contributed by atoms with Gasteiger partial charge in [0.15, 0.2) is 0 Å². The lowest BCUT2D eigenvalue weighted by atomic mass is 10.1. The summed E-state index contributed by atoms with van der Waals surface area (Å²) in [5.74, 6) is 0.537. The molecule has 134 valence electrons. The number of ether oxygens (including phenoxy) is 2. The van der Waals surface area contributed by atoms with Crippen LogP contribution in [0.15, 0.2) is 54.6 Å². The Morgan fingerprint density at radius 3 is 2.52 bits per heavy atom. The molecular formula is C20H26N2O3. The highest BCUT2D eigenvalue weighted by Crippen LogP contribution is 2.23. The van der Waals surface area contributed by atoms with Crippen molar-refractivity contribution in [2.75, 3.05) is 31.7 Å². The monoisotopic (exact) mass is 342 g/mol. The molecule has 1 unspecified atom stereocenters. The Bertz CT molecular complexity index is 646. The number of anilines is 1. The molecule has 0 fully saturated rings. The third-order valence-electron chi connectivity index (χ3n) is 3.72. The van der Waals surface area contributed by atoms with E-state index in [0.717, 1.165) is 5.56 Å². The minimum Gasteiger partial charge on any atom is -0.489 e. The Hall–Kier alpha value is -2.37. The average Bonchev–Trinajstić information content (AvgIpc) is 2.65. The number of para-hydroxylation sites is 2. The van der Waals surface area contributed by atoms with Gasteiger partial charge in [0.25, 0.3) is 0 Å². The molecule has 2 aromatic rings. The molecule has 0 saturated carbocycles. The van der Waals surface area contributed by atoms with Gasteiger partial charge in [-0.05, 0) is 31.5 Å². The first-order chi connectivity index (χ1) is 12.2. The smallest absolute Gasteiger partial charge is 0.238 e. The highest BCUT2D eigenvalue weighted by molar-refractivity contribution is 5.93. The van der Waals surface area contributed by atoms with E-state index in [1.807, 2.05) is 68.4 Å². The van der Waals surface area contributed by atoms with Crippen LogP contribution < -0.4 is 15.4 Å². The second-order valence-corrected chi connectivity index (χ2v) is 5.60. The lowest BCUT2D eigenvalue weighted by Gasteiger charge is -2.15. The van der Waals surface area contributed by atoms with Crippen LogP contribution in [0.4, 0.5) is 5.69 Å². The summed E-state index contributed by atoms with van der Waals surface area (Å²) in [4.78, 5) is 12.2. The van der Waals surface area contributed by atoms with Crippen LogP contribution in [-0.2, 0) is 9.53 Å². The summed E-state index contributed by atoms with van der Waals surface area (Å²) >= 11 is 0. The minimum absolute atomic E-state index is 0.102. The Morgan fingerprint density at radius 2 is 1.76 bits per heavy atom. The summed E-state index contributed by atoms with van der Waals surface area (Å²) in [7, 11) is 0. The molecule has 0 aromatic heterocycles. The van der Waals surface area contributed by atoms with Crippen molar-refractivity contribution in [1.82, 2.24) is 5.32 Å². The van der Waals surface area contributed by atoms with Gasteiger partial charge in [0, 0.05) is 12.6 Å². The second-order valence-electron chi connectivity index (χ2n) is 5.60. The summed E-state index contributed by atoms with van der Waals surface area (Å²) in [6.45, 7) is 5.83. The first-order valence-corrected chi connectivity index (χ1v) is 8.58. The van der Waals surface area contributed by atoms with Crippen molar-refractivity contribution in [2.45, 2.75) is 19.9 Å². The van der Waals surface area contributed by atoms with Gasteiger partial charge in [-0.15, -0.1) is 0 Å². The Balaban J connectivity index is 1.83. The fourth-order valence-corrected chi connectivity index (χ4v) is 2.35. The molecule has 0 heterocycles. The third-order valence-corrected chi connectivity index (χ3v) is 3.72. The number of hydrogen-bond acceptors (Lipinski definition) is 4. The molecule has 2 rings (SSSR count). The van der Waals surface area contributed by atoms with Crippen molar-refractivity contribution >= 4 is 11.6 Å². The Kier molecular flexibility index (Phi) is 7.95. The normalized spacial score (nSPS) is 11.8. The number of amides is 1. The molecule has 0 saturated heterocycles. The number of hydrogen-bond donors (Lipinski definition) is 2. The van der Waals surface area contributed by atoms with E-state index in [1.54, 1.807) is 0 Å². The van der Waals surface area contributed by atoms with Gasteiger partial charge >= 0.3 is 0 Å². The summed E-state index contributed by atoms with van der Waals surface area (Å²) in [6, 6.07) is 17.5. The van der Waals surface area contributed by atoms with Gasteiger partial charge in [0.1, 0.15) is 12.4 Å². The van der Waals surface area contributed by atoms with Crippen LogP contribution in [0.25, 0.3) is 0 Å². The Labute approximate surface area is 149 Å². The predicted molar refractivity (Wildman–Crippen MR) is 99.9 cm³/mol. The van der Waals surface area contributed by atoms with Crippen LogP contribution in [0.1, 0.15) is 25.5 Å². The van der Waals surface area contributed by atoms with Gasteiger partial charge < -0.3 is 20.1 Å². The fourth-order valence-electron chi connectivity index (χ4n) is 2.35. The largest absolute Gasteiger partial charge is 0.489 e. The number of carbonyl (C=O) groups is 1. The van der Waals surface area contributed by atoms with Crippen LogP contribution in [0, 0.1) is 0 Å². The van der Waals surface area contributed by atoms with Crippen molar-refractivity contribution < 1.29 is 14.3 Å². The van der Waals surface area contributed by atoms with Crippen molar-refractivity contribution in [3.63, 3.8) is 0 Å². The third kappa shape index (κ3) is 6.57. The lowest BCUT2D eigenvalue weighted by molar-refractivity contribution is -0.115. The molecular weight excluding hydrogens is 316 g/mol. The van der Waals surface area contributed by atoms with E-state index in [0.29, 0.717) is 31.3 Å². The highest BCUT2D eigenvalue weighted by atomic mass is 16.5. The number of benzene rings is 2. The van der Waals surface area contributed by atoms with Gasteiger partial charge in [-0.1, -0.05) is 42.5 Å². The summed E-state index contributed by atoms with van der Waals surface area (Å²) in [5.41, 5.74) is 1.81. The van der Waals surface area contributed by atoms with Gasteiger partial charge in [0.2, 0.25) is 5.91 Å². The SMILES string of the molecule is CCOCCOc1ccccc1NC(=O)CNC(C)c1ccccc1. The van der Waals surface area contributed by atoms with Crippen LogP contribution in [0.5, 0.6) is 5.75 Å². The van der Waals surface area contributed by atoms with Crippen LogP contribution in [0.3, 0.4) is 0 Å². The van der Waals surface area contributed by atoms with E-state index >= 15 is 0 Å². The molecule has 2 N–H and O–H groups in total. The van der Waals surface area contributed by atoms with E-state index in [9.17, 15) is 4.79 Å². The summed E-state index contributed by atoms with van der Waals surface area (Å²) < 4.78 is 10.9. The van der Waals surface area contributed by atoms with E-state index < -0.39 is 0 Å². The number of rotatable bonds is 10. The van der Waals surface area contributed by atoms with E-state index in [-0.39, 0.29) is 18.5 Å². The quantitative estimate of drug-likeness (QED) is 0.650. The number of nitrogens with one attached hydrogen (secondary N) is 2. The predicted octanol–water partition coefficient (Wildman–Crippen LogP) is 3.39. The standard InChI is InChI=1S/C20H26N2O3/c1-3-24-13-14-25-19-12-8-7-11-18(19)22-20(23)15-21-16(2)17-9-5-4-6-10-17/h4-12,16,21H,3,13-15H2,1-2H3,(H,22,23). The van der Waals surface area contributed by atoms with E-state index in [4.69, 9.17) is 9.47 Å². The zero-order valence-corrected chi connectivity index (χ0v) is 14.8. The molecule has 0 aliphatic rings. The summed E-state index contributed by atoms with van der Waals surface area (Å²) in [6.07, 6.45) is 0. The lowest BCUT2D eigenvalue weighted by Crippen LogP contribution is -2.30. The van der Waals surface area contributed by atoms with Crippen molar-refractivity contribution in [1.29, 1.82) is 0 Å². The molecule has 25 heavy (non-hydrogen) atoms. The van der Waals surface area contributed by atoms with E-state index in [1.165, 1.54) is 0 Å². The second kappa shape index (κ2) is 10.5. The number of carbonyl (C=O) groups excluding carboxylic acids is 1. The maximum Gasteiger partial charge on any atom is 0.238 e. The molecule has 0 aliphatic carbocycles. The van der Waals surface area contributed by atoms with Crippen LogP contribution >= 0.6 is 0 Å². The van der Waals surface area contributed by atoms with Gasteiger partial charge in [-0.2, -0.15) is 0 Å². The van der Waals surface area contributed by atoms with Crippen molar-refractivity contribution in [3.8, 4) is 5.75 Å². The van der Waals surface area contributed by atoms with Crippen molar-refractivity contribution in [2.24, 2.45) is 0 Å². The summed E-state index contributed by atoms with van der Waals surface area (Å²) in [5, 5.41) is 6.12. The molecule has 0 spiro atoms. The maximum atomic E-state index is 12.2. The zero-order chi connectivity index (χ0) is 17.9. The van der Waals surface area contributed by atoms with Gasteiger partial charge in [-0.25, -0.2) is 0 Å². The first-order valence-electron chi connectivity index (χ1n) is 8.58. The molecule has 0 aliphatic heterocycles. The Morgan fingerprint density at radius 1 is 1.04 bits per heavy atom. The average molecular weight is 342 g/mol. The van der Waals surface area contributed by atoms with Crippen molar-refractivity contribution in [3.05, 3.63) is 60.2 Å². The van der Waals surface area contributed by atoms with Crippen LogP contribution in [-0.4, -0.2) is 32.3 Å².